The van der Waals surface area contributed by atoms with Crippen molar-refractivity contribution in [1.82, 2.24) is 0 Å². The maximum Gasteiger partial charge on any atom is 0.248 e. The number of halogens is 4. The summed E-state index contributed by atoms with van der Waals surface area (Å²) in [5.74, 6) is -7.32. The lowest BCUT2D eigenvalue weighted by Crippen LogP contribution is -2.23. The van der Waals surface area contributed by atoms with Crippen LogP contribution in [0.4, 0.5) is 17.6 Å². The second kappa shape index (κ2) is 3.70. The zero-order valence-electron chi connectivity index (χ0n) is 8.82. The van der Waals surface area contributed by atoms with Crippen molar-refractivity contribution in [1.29, 1.82) is 0 Å². The summed E-state index contributed by atoms with van der Waals surface area (Å²) in [4.78, 5) is 11.8. The number of carbonyl (C=O) groups is 1. The molecule has 2 unspecified atom stereocenters. The van der Waals surface area contributed by atoms with E-state index in [9.17, 15) is 22.4 Å². The molecule has 0 aromatic carbocycles. The van der Waals surface area contributed by atoms with E-state index in [1.807, 2.05) is 0 Å². The van der Waals surface area contributed by atoms with Crippen LogP contribution in [0.25, 0.3) is 0 Å². The Morgan fingerprint density at radius 3 is 1.50 bits per heavy atom. The minimum absolute atomic E-state index is 0.147. The predicted octanol–water partition coefficient (Wildman–Crippen LogP) is 3.43. The number of rotatable bonds is 2. The van der Waals surface area contributed by atoms with Gasteiger partial charge in [-0.05, 0) is 12.8 Å². The van der Waals surface area contributed by atoms with Crippen molar-refractivity contribution in [3.63, 3.8) is 0 Å². The molecule has 1 nitrogen and oxygen atoms in total. The molecule has 0 heterocycles. The van der Waals surface area contributed by atoms with E-state index in [1.54, 1.807) is 0 Å². The second-order valence-electron chi connectivity index (χ2n) is 4.99. The third kappa shape index (κ3) is 2.38. The number of hydrogen-bond donors (Lipinski definition) is 0. The average Bonchev–Trinajstić information content (AvgIpc) is 2.68. The van der Waals surface area contributed by atoms with Crippen LogP contribution in [0, 0.1) is 11.8 Å². The zero-order valence-corrected chi connectivity index (χ0v) is 8.82. The molecule has 0 bridgehead atoms. The first-order valence-corrected chi connectivity index (χ1v) is 5.58. The maximum absolute atomic E-state index is 12.9. The molecule has 2 rings (SSSR count). The van der Waals surface area contributed by atoms with Crippen molar-refractivity contribution in [3.05, 3.63) is 0 Å². The summed E-state index contributed by atoms with van der Waals surface area (Å²) in [7, 11) is 0. The van der Waals surface area contributed by atoms with E-state index in [1.165, 1.54) is 0 Å². The minimum Gasteiger partial charge on any atom is -0.299 e. The Morgan fingerprint density at radius 2 is 1.25 bits per heavy atom. The van der Waals surface area contributed by atoms with Crippen LogP contribution in [-0.4, -0.2) is 17.6 Å². The second-order valence-corrected chi connectivity index (χ2v) is 4.99. The molecular weight excluding hydrogens is 224 g/mol. The topological polar surface area (TPSA) is 17.1 Å². The highest BCUT2D eigenvalue weighted by Gasteiger charge is 2.48. The van der Waals surface area contributed by atoms with Gasteiger partial charge in [-0.2, -0.15) is 0 Å². The van der Waals surface area contributed by atoms with Gasteiger partial charge >= 0.3 is 0 Å². The highest BCUT2D eigenvalue weighted by atomic mass is 19.3. The molecule has 0 radical (unpaired) electrons. The Kier molecular flexibility index (Phi) is 2.75. The zero-order chi connectivity index (χ0) is 12.0. The maximum atomic E-state index is 12.9. The summed E-state index contributed by atoms with van der Waals surface area (Å²) in [5, 5.41) is 0. The van der Waals surface area contributed by atoms with E-state index in [-0.39, 0.29) is 31.5 Å². The van der Waals surface area contributed by atoms with E-state index < -0.39 is 36.5 Å². The molecule has 0 saturated heterocycles. The monoisotopic (exact) mass is 238 g/mol. The first-order chi connectivity index (χ1) is 7.29. The van der Waals surface area contributed by atoms with Crippen LogP contribution in [0.15, 0.2) is 0 Å². The van der Waals surface area contributed by atoms with Crippen molar-refractivity contribution in [2.24, 2.45) is 11.8 Å². The van der Waals surface area contributed by atoms with Gasteiger partial charge in [-0.15, -0.1) is 0 Å². The van der Waals surface area contributed by atoms with Gasteiger partial charge in [-0.25, -0.2) is 17.6 Å². The van der Waals surface area contributed by atoms with Crippen LogP contribution >= 0.6 is 0 Å². The lowest BCUT2D eigenvalue weighted by Gasteiger charge is -2.14. The van der Waals surface area contributed by atoms with Gasteiger partial charge in [0.25, 0.3) is 0 Å². The largest absolute Gasteiger partial charge is 0.299 e. The molecule has 0 spiro atoms. The molecule has 0 aliphatic heterocycles. The average molecular weight is 238 g/mol. The summed E-state index contributed by atoms with van der Waals surface area (Å²) >= 11 is 0. The quantitative estimate of drug-likeness (QED) is 0.673. The molecule has 92 valence electrons. The van der Waals surface area contributed by atoms with E-state index in [0.717, 1.165) is 0 Å². The van der Waals surface area contributed by atoms with E-state index >= 15 is 0 Å². The van der Waals surface area contributed by atoms with Crippen molar-refractivity contribution in [3.8, 4) is 0 Å². The van der Waals surface area contributed by atoms with Gasteiger partial charge in [0.2, 0.25) is 11.8 Å². The minimum atomic E-state index is -2.78. The van der Waals surface area contributed by atoms with Crippen LogP contribution in [0.2, 0.25) is 0 Å². The van der Waals surface area contributed by atoms with Crippen molar-refractivity contribution < 1.29 is 22.4 Å². The van der Waals surface area contributed by atoms with E-state index in [4.69, 9.17) is 0 Å². The molecule has 0 amide bonds. The summed E-state index contributed by atoms with van der Waals surface area (Å²) in [6.07, 6.45) is -1.18. The van der Waals surface area contributed by atoms with Gasteiger partial charge in [0, 0.05) is 37.5 Å². The van der Waals surface area contributed by atoms with Gasteiger partial charge in [-0.3, -0.25) is 4.79 Å². The fourth-order valence-electron chi connectivity index (χ4n) is 2.72. The molecule has 2 fully saturated rings. The third-order valence-electron chi connectivity index (χ3n) is 3.61. The molecule has 16 heavy (non-hydrogen) atoms. The highest BCUT2D eigenvalue weighted by Crippen LogP contribution is 2.45. The van der Waals surface area contributed by atoms with Crippen LogP contribution < -0.4 is 0 Å². The summed E-state index contributed by atoms with van der Waals surface area (Å²) < 4.78 is 51.6. The number of ketones is 1. The Hall–Kier alpha value is -0.610. The third-order valence-corrected chi connectivity index (χ3v) is 3.61. The molecule has 5 heteroatoms. The Balaban J connectivity index is 1.95. The van der Waals surface area contributed by atoms with Gasteiger partial charge in [0.15, 0.2) is 0 Å². The fourth-order valence-corrected chi connectivity index (χ4v) is 2.72. The number of carbonyl (C=O) groups excluding carboxylic acids is 1. The lowest BCUT2D eigenvalue weighted by atomic mass is 9.90. The standard InChI is InChI=1S/C11H14F4O/c12-10(13)3-1-7(5-10)9(16)8-2-4-11(14,15)6-8/h7-8H,1-6H2. The molecule has 2 atom stereocenters. The Morgan fingerprint density at radius 1 is 0.875 bits per heavy atom. The number of hydrogen-bond acceptors (Lipinski definition) is 1. The van der Waals surface area contributed by atoms with Gasteiger partial charge in [-0.1, -0.05) is 0 Å². The van der Waals surface area contributed by atoms with Crippen molar-refractivity contribution >= 4 is 5.78 Å². The van der Waals surface area contributed by atoms with Crippen LogP contribution in [0.3, 0.4) is 0 Å². The smallest absolute Gasteiger partial charge is 0.248 e. The molecule has 2 saturated carbocycles. The van der Waals surface area contributed by atoms with Crippen LogP contribution in [0.1, 0.15) is 38.5 Å². The SMILES string of the molecule is O=C(C1CCC(F)(F)C1)C1CCC(F)(F)C1. The highest BCUT2D eigenvalue weighted by molar-refractivity contribution is 5.84. The first kappa shape index (κ1) is 11.9. The summed E-state index contributed by atoms with van der Waals surface area (Å²) in [6.45, 7) is 0. The van der Waals surface area contributed by atoms with Crippen LogP contribution in [0.5, 0.6) is 0 Å². The molecule has 0 N–H and O–H groups in total. The molecule has 2 aliphatic carbocycles. The molecule has 0 aromatic heterocycles. The molecular formula is C11H14F4O. The summed E-state index contributed by atoms with van der Waals surface area (Å²) in [6, 6.07) is 0. The summed E-state index contributed by atoms with van der Waals surface area (Å²) in [5.41, 5.74) is 0. The normalized spacial score (nSPS) is 36.5. The van der Waals surface area contributed by atoms with Crippen molar-refractivity contribution in [2.75, 3.05) is 0 Å². The van der Waals surface area contributed by atoms with Gasteiger partial charge < -0.3 is 0 Å². The fraction of sp³-hybridized carbons (Fsp3) is 0.909. The van der Waals surface area contributed by atoms with E-state index in [0.29, 0.717) is 0 Å². The number of Topliss-reactive ketones (excluding diaryl/α,β-unsaturated/α-hetero) is 1. The van der Waals surface area contributed by atoms with Gasteiger partial charge in [0.05, 0.1) is 0 Å². The first-order valence-electron chi connectivity index (χ1n) is 5.58. The molecule has 0 aromatic rings. The van der Waals surface area contributed by atoms with Gasteiger partial charge in [0.1, 0.15) is 5.78 Å². The van der Waals surface area contributed by atoms with Crippen molar-refractivity contribution in [2.45, 2.75) is 50.4 Å². The molecule has 2 aliphatic rings. The Bertz CT molecular complexity index is 272. The predicted molar refractivity (Wildman–Crippen MR) is 49.6 cm³/mol. The lowest BCUT2D eigenvalue weighted by molar-refractivity contribution is -0.128. The van der Waals surface area contributed by atoms with E-state index in [2.05, 4.69) is 0 Å². The number of alkyl halides is 4. The van der Waals surface area contributed by atoms with Crippen LogP contribution in [-0.2, 0) is 4.79 Å². The Labute approximate surface area is 91.2 Å².